The van der Waals surface area contributed by atoms with Crippen LogP contribution in [0.1, 0.15) is 12.5 Å². The molecule has 0 fully saturated rings. The van der Waals surface area contributed by atoms with Crippen LogP contribution in [0.3, 0.4) is 0 Å². The summed E-state index contributed by atoms with van der Waals surface area (Å²) in [6, 6.07) is 11.4. The summed E-state index contributed by atoms with van der Waals surface area (Å²) in [5, 5.41) is 9.36. The zero-order valence-corrected chi connectivity index (χ0v) is 16.1. The van der Waals surface area contributed by atoms with Crippen LogP contribution in [0.15, 0.2) is 48.5 Å². The average molecular weight is 422 g/mol. The van der Waals surface area contributed by atoms with Crippen molar-refractivity contribution < 1.29 is 22.7 Å². The molecule has 0 radical (unpaired) electrons. The van der Waals surface area contributed by atoms with Crippen LogP contribution in [-0.4, -0.2) is 27.3 Å². The van der Waals surface area contributed by atoms with Gasteiger partial charge in [0.25, 0.3) is 0 Å². The molecule has 0 bridgehead atoms. The highest BCUT2D eigenvalue weighted by molar-refractivity contribution is 7.71. The Bertz CT molecular complexity index is 1040. The van der Waals surface area contributed by atoms with E-state index in [1.165, 1.54) is 16.7 Å². The van der Waals surface area contributed by atoms with E-state index < -0.39 is 17.6 Å². The van der Waals surface area contributed by atoms with Crippen molar-refractivity contribution in [1.29, 1.82) is 0 Å². The molecule has 0 unspecified atom stereocenters. The van der Waals surface area contributed by atoms with Gasteiger partial charge in [0.15, 0.2) is 10.6 Å². The predicted molar refractivity (Wildman–Crippen MR) is 104 cm³/mol. The monoisotopic (exact) mass is 422 g/mol. The number of rotatable bonds is 6. The lowest BCUT2D eigenvalue weighted by molar-refractivity contribution is -0.137. The van der Waals surface area contributed by atoms with Gasteiger partial charge in [-0.05, 0) is 67.7 Å². The number of carbonyl (C=O) groups is 1. The minimum atomic E-state index is -4.43. The molecule has 6 nitrogen and oxygen atoms in total. The number of aromatic nitrogens is 3. The van der Waals surface area contributed by atoms with Crippen LogP contribution in [-0.2, 0) is 17.5 Å². The lowest BCUT2D eigenvalue weighted by Gasteiger charge is -2.10. The van der Waals surface area contributed by atoms with Crippen LogP contribution in [0.25, 0.3) is 11.4 Å². The largest absolute Gasteiger partial charge is 0.494 e. The molecule has 1 aromatic heterocycles. The predicted octanol–water partition coefficient (Wildman–Crippen LogP) is 4.66. The van der Waals surface area contributed by atoms with Crippen molar-refractivity contribution in [1.82, 2.24) is 14.8 Å². The molecule has 0 aliphatic carbocycles. The molecule has 2 N–H and O–H groups in total. The molecule has 0 spiro atoms. The van der Waals surface area contributed by atoms with Crippen LogP contribution in [0.2, 0.25) is 0 Å². The summed E-state index contributed by atoms with van der Waals surface area (Å²) in [6.45, 7) is 2.27. The molecule has 1 heterocycles. The Kier molecular flexibility index (Phi) is 6.02. The lowest BCUT2D eigenvalue weighted by Crippen LogP contribution is -2.19. The van der Waals surface area contributed by atoms with Gasteiger partial charge >= 0.3 is 6.18 Å². The smallest absolute Gasteiger partial charge is 0.416 e. The van der Waals surface area contributed by atoms with Gasteiger partial charge < -0.3 is 10.1 Å². The van der Waals surface area contributed by atoms with E-state index in [-0.39, 0.29) is 17.0 Å². The Hall–Kier alpha value is -3.14. The van der Waals surface area contributed by atoms with Gasteiger partial charge in [-0.1, -0.05) is 0 Å². The Balaban J connectivity index is 1.74. The van der Waals surface area contributed by atoms with Gasteiger partial charge in [0.2, 0.25) is 5.91 Å². The summed E-state index contributed by atoms with van der Waals surface area (Å²) in [4.78, 5) is 12.4. The second kappa shape index (κ2) is 8.48. The van der Waals surface area contributed by atoms with Crippen molar-refractivity contribution in [3.63, 3.8) is 0 Å². The van der Waals surface area contributed by atoms with E-state index in [2.05, 4.69) is 15.5 Å². The highest BCUT2D eigenvalue weighted by Gasteiger charge is 2.30. The number of nitrogens with one attached hydrogen (secondary N) is 2. The third-order valence-corrected chi connectivity index (χ3v) is 4.29. The summed E-state index contributed by atoms with van der Waals surface area (Å²) in [5.74, 6) is 0.715. The zero-order valence-electron chi connectivity index (χ0n) is 15.3. The van der Waals surface area contributed by atoms with Gasteiger partial charge in [0.05, 0.1) is 12.2 Å². The minimum absolute atomic E-state index is 0.154. The highest BCUT2D eigenvalue weighted by Crippen LogP contribution is 2.29. The number of carbonyl (C=O) groups excluding carboxylic acids is 1. The van der Waals surface area contributed by atoms with Crippen LogP contribution in [0, 0.1) is 4.77 Å². The molecule has 0 aliphatic heterocycles. The quantitative estimate of drug-likeness (QED) is 0.567. The second-order valence-electron chi connectivity index (χ2n) is 6.02. The number of aromatic amines is 1. The molecule has 0 atom stereocenters. The topological polar surface area (TPSA) is 71.9 Å². The molecule has 1 amide bonds. The molecule has 0 aliphatic rings. The van der Waals surface area contributed by atoms with Gasteiger partial charge in [-0.25, -0.2) is 0 Å². The molecule has 3 rings (SSSR count). The van der Waals surface area contributed by atoms with Crippen molar-refractivity contribution in [2.45, 2.75) is 19.6 Å². The first kappa shape index (κ1) is 20.6. The number of amides is 1. The molecule has 2 aromatic carbocycles. The fraction of sp³-hybridized carbons (Fsp3) is 0.211. The van der Waals surface area contributed by atoms with Crippen molar-refractivity contribution in [2.75, 3.05) is 11.9 Å². The normalized spacial score (nSPS) is 11.3. The molecular formula is C19H17F3N4O2S. The van der Waals surface area contributed by atoms with Crippen LogP contribution >= 0.6 is 12.2 Å². The molecule has 152 valence electrons. The Morgan fingerprint density at radius 2 is 1.83 bits per heavy atom. The van der Waals surface area contributed by atoms with E-state index in [1.54, 1.807) is 24.3 Å². The standard InChI is InChI=1S/C19H17F3N4O2S/c1-2-28-15-9-3-12(4-10-15)17-24-25-18(29)26(17)11-16(27)23-14-7-5-13(6-8-14)19(20,21)22/h3-10H,2,11H2,1H3,(H,23,27)(H,25,29). The van der Waals surface area contributed by atoms with Crippen LogP contribution < -0.4 is 10.1 Å². The highest BCUT2D eigenvalue weighted by atomic mass is 32.1. The SMILES string of the molecule is CCOc1ccc(-c2n[nH]c(=S)n2CC(=O)Nc2ccc(C(F)(F)F)cc2)cc1. The van der Waals surface area contributed by atoms with E-state index >= 15 is 0 Å². The molecule has 0 saturated heterocycles. The number of hydrogen-bond acceptors (Lipinski definition) is 4. The first-order chi connectivity index (χ1) is 13.8. The maximum atomic E-state index is 12.6. The number of benzene rings is 2. The second-order valence-corrected chi connectivity index (χ2v) is 6.41. The number of halogens is 3. The van der Waals surface area contributed by atoms with E-state index in [0.29, 0.717) is 18.2 Å². The maximum absolute atomic E-state index is 12.6. The third-order valence-electron chi connectivity index (χ3n) is 3.98. The summed E-state index contributed by atoms with van der Waals surface area (Å²) in [6.07, 6.45) is -4.43. The fourth-order valence-electron chi connectivity index (χ4n) is 2.64. The average Bonchev–Trinajstić information content (AvgIpc) is 3.03. The van der Waals surface area contributed by atoms with Crippen molar-refractivity contribution in [2.24, 2.45) is 0 Å². The first-order valence-corrected chi connectivity index (χ1v) is 9.04. The fourth-order valence-corrected chi connectivity index (χ4v) is 2.83. The maximum Gasteiger partial charge on any atom is 0.416 e. The van der Waals surface area contributed by atoms with Gasteiger partial charge in [-0.15, -0.1) is 0 Å². The number of anilines is 1. The van der Waals surface area contributed by atoms with Crippen molar-refractivity contribution in [3.05, 3.63) is 58.9 Å². The third kappa shape index (κ3) is 5.02. The molecular weight excluding hydrogens is 405 g/mol. The minimum Gasteiger partial charge on any atom is -0.494 e. The molecule has 3 aromatic rings. The van der Waals surface area contributed by atoms with Gasteiger partial charge in [0, 0.05) is 11.3 Å². The number of alkyl halides is 3. The van der Waals surface area contributed by atoms with Gasteiger partial charge in [0.1, 0.15) is 12.3 Å². The molecule has 29 heavy (non-hydrogen) atoms. The van der Waals surface area contributed by atoms with E-state index in [0.717, 1.165) is 17.7 Å². The number of hydrogen-bond donors (Lipinski definition) is 2. The lowest BCUT2D eigenvalue weighted by atomic mass is 10.2. The van der Waals surface area contributed by atoms with Crippen LogP contribution in [0.4, 0.5) is 18.9 Å². The van der Waals surface area contributed by atoms with E-state index in [9.17, 15) is 18.0 Å². The Labute approximate surface area is 169 Å². The summed E-state index contributed by atoms with van der Waals surface area (Å²) >= 11 is 5.20. The first-order valence-electron chi connectivity index (χ1n) is 8.63. The summed E-state index contributed by atoms with van der Waals surface area (Å²) < 4.78 is 45.0. The molecule has 0 saturated carbocycles. The Morgan fingerprint density at radius 3 is 2.41 bits per heavy atom. The summed E-state index contributed by atoms with van der Waals surface area (Å²) in [7, 11) is 0. The van der Waals surface area contributed by atoms with Gasteiger partial charge in [-0.2, -0.15) is 18.3 Å². The summed E-state index contributed by atoms with van der Waals surface area (Å²) in [5.41, 5.74) is 0.189. The zero-order chi connectivity index (χ0) is 21.0. The van der Waals surface area contributed by atoms with Crippen molar-refractivity contribution in [3.8, 4) is 17.1 Å². The number of nitrogens with zero attached hydrogens (tertiary/aromatic N) is 2. The number of H-pyrrole nitrogens is 1. The van der Waals surface area contributed by atoms with Gasteiger partial charge in [-0.3, -0.25) is 14.5 Å². The molecule has 10 heteroatoms. The van der Waals surface area contributed by atoms with Crippen LogP contribution in [0.5, 0.6) is 5.75 Å². The number of ether oxygens (including phenoxy) is 1. The Morgan fingerprint density at radius 1 is 1.17 bits per heavy atom. The van der Waals surface area contributed by atoms with Crippen molar-refractivity contribution >= 4 is 23.8 Å². The van der Waals surface area contributed by atoms with E-state index in [1.807, 2.05) is 6.92 Å². The van der Waals surface area contributed by atoms with E-state index in [4.69, 9.17) is 17.0 Å².